The quantitative estimate of drug-likeness (QED) is 0.435. The van der Waals surface area contributed by atoms with Crippen LogP contribution in [0.2, 0.25) is 0 Å². The zero-order chi connectivity index (χ0) is 28.2. The molecule has 0 unspecified atom stereocenters. The van der Waals surface area contributed by atoms with E-state index in [0.717, 1.165) is 49.4 Å². The smallest absolute Gasteiger partial charge is 0.290 e. The number of hydrogen-bond acceptors (Lipinski definition) is 5. The van der Waals surface area contributed by atoms with Crippen molar-refractivity contribution in [3.8, 4) is 0 Å². The number of aromatic nitrogens is 2. The van der Waals surface area contributed by atoms with Crippen molar-refractivity contribution in [3.05, 3.63) is 82.1 Å². The van der Waals surface area contributed by atoms with Crippen LogP contribution in [0.4, 0.5) is 26.0 Å². The van der Waals surface area contributed by atoms with Crippen molar-refractivity contribution in [2.75, 3.05) is 40.9 Å². The molecule has 2 aromatic carbocycles. The van der Waals surface area contributed by atoms with Crippen LogP contribution in [0.5, 0.6) is 0 Å². The summed E-state index contributed by atoms with van der Waals surface area (Å²) in [6.45, 7) is 3.54. The van der Waals surface area contributed by atoms with E-state index in [-0.39, 0.29) is 11.5 Å². The third-order valence-corrected chi connectivity index (χ3v) is 9.86. The van der Waals surface area contributed by atoms with Crippen molar-refractivity contribution in [3.63, 3.8) is 0 Å². The van der Waals surface area contributed by atoms with Gasteiger partial charge in [0.2, 0.25) is 5.91 Å². The molecule has 0 atom stereocenters. The summed E-state index contributed by atoms with van der Waals surface area (Å²) in [6, 6.07) is 15.6. The molecule has 0 radical (unpaired) electrons. The van der Waals surface area contributed by atoms with Gasteiger partial charge in [-0.1, -0.05) is 36.8 Å². The first kappa shape index (κ1) is 26.2. The molecule has 7 nitrogen and oxygen atoms in total. The molecule has 7 rings (SSSR count). The summed E-state index contributed by atoms with van der Waals surface area (Å²) in [4.78, 5) is 33.1. The number of nitrogens with zero attached hydrogens (tertiary/aromatic N) is 5. The molecule has 4 aliphatic rings. The average molecular weight is 560 g/mol. The highest BCUT2D eigenvalue weighted by Gasteiger charge is 2.48. The molecule has 41 heavy (non-hydrogen) atoms. The highest BCUT2D eigenvalue weighted by Crippen LogP contribution is 2.49. The number of hydrogen-bond donors (Lipinski definition) is 0. The first-order chi connectivity index (χ1) is 19.8. The second-order valence-corrected chi connectivity index (χ2v) is 12.4. The molecule has 3 aliphatic heterocycles. The van der Waals surface area contributed by atoms with Crippen LogP contribution in [0.25, 0.3) is 0 Å². The summed E-state index contributed by atoms with van der Waals surface area (Å²) < 4.78 is 29.5. The molecular weight excluding hydrogens is 524 g/mol. The van der Waals surface area contributed by atoms with E-state index in [4.69, 9.17) is 5.10 Å². The molecule has 4 heterocycles. The highest BCUT2D eigenvalue weighted by molar-refractivity contribution is 5.95. The van der Waals surface area contributed by atoms with Gasteiger partial charge in [0.05, 0.1) is 12.1 Å². The summed E-state index contributed by atoms with van der Waals surface area (Å²) in [5, 5.41) is 4.81. The minimum absolute atomic E-state index is 0.0603. The predicted molar refractivity (Wildman–Crippen MR) is 154 cm³/mol. The van der Waals surface area contributed by atoms with Gasteiger partial charge < -0.3 is 14.7 Å². The molecule has 1 aliphatic carbocycles. The van der Waals surface area contributed by atoms with E-state index in [1.54, 1.807) is 9.58 Å². The van der Waals surface area contributed by atoms with Gasteiger partial charge in [0, 0.05) is 55.8 Å². The molecule has 0 N–H and O–H groups in total. The number of benzene rings is 2. The minimum Gasteiger partial charge on any atom is -0.367 e. The van der Waals surface area contributed by atoms with Crippen molar-refractivity contribution in [2.45, 2.75) is 63.5 Å². The van der Waals surface area contributed by atoms with Gasteiger partial charge >= 0.3 is 0 Å². The van der Waals surface area contributed by atoms with Gasteiger partial charge in [-0.25, -0.2) is 13.5 Å². The van der Waals surface area contributed by atoms with E-state index < -0.39 is 17.2 Å². The number of carbonyl (C=O) groups excluding carboxylic acids is 1. The lowest BCUT2D eigenvalue weighted by Crippen LogP contribution is -2.61. The van der Waals surface area contributed by atoms with Crippen molar-refractivity contribution in [1.29, 1.82) is 0 Å². The lowest BCUT2D eigenvalue weighted by Gasteiger charge is -2.56. The lowest BCUT2D eigenvalue weighted by molar-refractivity contribution is -0.121. The third-order valence-electron chi connectivity index (χ3n) is 9.86. The van der Waals surface area contributed by atoms with Crippen LogP contribution in [0.3, 0.4) is 0 Å². The maximum Gasteiger partial charge on any atom is 0.290 e. The minimum atomic E-state index is -0.952. The average Bonchev–Trinajstić information content (AvgIpc) is 2.92. The zero-order valence-electron chi connectivity index (χ0n) is 23.2. The van der Waals surface area contributed by atoms with Gasteiger partial charge in [-0.15, -0.1) is 0 Å². The van der Waals surface area contributed by atoms with Gasteiger partial charge in [-0.3, -0.25) is 9.59 Å². The SMILES string of the molecule is O=C1CCCC2(CCN(c3cc(N4CC5(CCC5)C4)nn(Cc4ccccc4)c3=O)CC2)N1c1ccc(F)c(F)c1. The molecule has 1 saturated carbocycles. The topological polar surface area (TPSA) is 61.7 Å². The Morgan fingerprint density at radius 1 is 0.805 bits per heavy atom. The van der Waals surface area contributed by atoms with Crippen molar-refractivity contribution in [1.82, 2.24) is 9.78 Å². The Labute approximate surface area is 238 Å². The molecule has 1 amide bonds. The molecule has 1 aromatic heterocycles. The molecule has 214 valence electrons. The number of anilines is 3. The Balaban J connectivity index is 1.18. The third kappa shape index (κ3) is 4.59. The number of piperidine rings is 2. The molecule has 2 spiro atoms. The summed E-state index contributed by atoms with van der Waals surface area (Å²) in [5.74, 6) is -1.10. The Bertz CT molecular complexity index is 1520. The second-order valence-electron chi connectivity index (χ2n) is 12.4. The Kier molecular flexibility index (Phi) is 6.36. The zero-order valence-corrected chi connectivity index (χ0v) is 23.2. The van der Waals surface area contributed by atoms with E-state index in [0.29, 0.717) is 55.7 Å². The van der Waals surface area contributed by atoms with Crippen LogP contribution in [0.15, 0.2) is 59.4 Å². The highest BCUT2D eigenvalue weighted by atomic mass is 19.2. The maximum atomic E-state index is 14.2. The summed E-state index contributed by atoms with van der Waals surface area (Å²) in [6.07, 6.45) is 7.04. The fourth-order valence-electron chi connectivity index (χ4n) is 7.41. The molecule has 3 aromatic rings. The monoisotopic (exact) mass is 559 g/mol. The Hall–Kier alpha value is -3.75. The summed E-state index contributed by atoms with van der Waals surface area (Å²) >= 11 is 0. The molecule has 0 bridgehead atoms. The molecular formula is C32H35F2N5O2. The molecule has 4 fully saturated rings. The lowest BCUT2D eigenvalue weighted by atomic mass is 9.63. The first-order valence-corrected chi connectivity index (χ1v) is 14.8. The van der Waals surface area contributed by atoms with E-state index in [1.807, 2.05) is 36.4 Å². The molecule has 9 heteroatoms. The second kappa shape index (κ2) is 9.96. The van der Waals surface area contributed by atoms with Crippen LogP contribution in [-0.4, -0.2) is 47.4 Å². The summed E-state index contributed by atoms with van der Waals surface area (Å²) in [5.41, 5.74) is 1.88. The van der Waals surface area contributed by atoms with Crippen molar-refractivity contribution >= 4 is 23.1 Å². The van der Waals surface area contributed by atoms with Gasteiger partial charge in [0.25, 0.3) is 5.56 Å². The Morgan fingerprint density at radius 2 is 1.56 bits per heavy atom. The van der Waals surface area contributed by atoms with Crippen LogP contribution < -0.4 is 20.3 Å². The van der Waals surface area contributed by atoms with E-state index >= 15 is 0 Å². The normalized spacial score (nSPS) is 21.2. The van der Waals surface area contributed by atoms with E-state index in [1.165, 1.54) is 25.3 Å². The maximum absolute atomic E-state index is 14.2. The predicted octanol–water partition coefficient (Wildman–Crippen LogP) is 5.12. The number of halogens is 2. The fraction of sp³-hybridized carbons (Fsp3) is 0.469. The van der Waals surface area contributed by atoms with Crippen LogP contribution in [0.1, 0.15) is 56.9 Å². The van der Waals surface area contributed by atoms with E-state index in [2.05, 4.69) is 9.80 Å². The van der Waals surface area contributed by atoms with Gasteiger partial charge in [0.1, 0.15) is 5.69 Å². The van der Waals surface area contributed by atoms with Crippen LogP contribution in [-0.2, 0) is 11.3 Å². The summed E-state index contributed by atoms with van der Waals surface area (Å²) in [7, 11) is 0. The van der Waals surface area contributed by atoms with Crippen molar-refractivity contribution in [2.24, 2.45) is 5.41 Å². The van der Waals surface area contributed by atoms with Crippen LogP contribution >= 0.6 is 0 Å². The molecule has 3 saturated heterocycles. The number of carbonyl (C=O) groups is 1. The van der Waals surface area contributed by atoms with Crippen molar-refractivity contribution < 1.29 is 13.6 Å². The van der Waals surface area contributed by atoms with Gasteiger partial charge in [-0.2, -0.15) is 5.10 Å². The van der Waals surface area contributed by atoms with Gasteiger partial charge in [-0.05, 0) is 56.2 Å². The van der Waals surface area contributed by atoms with Gasteiger partial charge in [0.15, 0.2) is 17.5 Å². The standard InChI is InChI=1S/C32H35F2N5O2/c33-25-10-9-24(18-26(25)34)39-29(40)8-4-13-32(39)14-16-36(17-15-32)27-19-28(37-21-31(22-37)11-5-12-31)35-38(30(27)41)20-23-6-2-1-3-7-23/h1-3,6-7,9-10,18-19H,4-5,8,11-17,20-22H2. The number of rotatable bonds is 5. The first-order valence-electron chi connectivity index (χ1n) is 14.8. The van der Waals surface area contributed by atoms with E-state index in [9.17, 15) is 18.4 Å². The Morgan fingerprint density at radius 3 is 2.24 bits per heavy atom. The largest absolute Gasteiger partial charge is 0.367 e. The fourth-order valence-corrected chi connectivity index (χ4v) is 7.41. The van der Waals surface area contributed by atoms with Crippen LogP contribution in [0, 0.1) is 17.0 Å². The number of amides is 1.